The number of aliphatic hydroxyl groups is 2. The second-order valence-electron chi connectivity index (χ2n) is 26.0. The van der Waals surface area contributed by atoms with Crippen molar-refractivity contribution in [2.45, 2.75) is 443 Å². The van der Waals surface area contributed by atoms with Crippen molar-refractivity contribution in [1.82, 2.24) is 5.32 Å². The summed E-state index contributed by atoms with van der Waals surface area (Å²) in [5, 5.41) is 23.5. The summed E-state index contributed by atoms with van der Waals surface area (Å²) in [6.07, 6.45) is 88.4. The highest BCUT2D eigenvalue weighted by Gasteiger charge is 2.20. The fourth-order valence-corrected chi connectivity index (χ4v) is 12.1. The number of aliphatic hydroxyl groups excluding tert-OH is 2. The summed E-state index contributed by atoms with van der Waals surface area (Å²) in [6.45, 7) is 5.00. The molecule has 0 rings (SSSR count). The van der Waals surface area contributed by atoms with E-state index in [0.29, 0.717) is 25.9 Å². The van der Waals surface area contributed by atoms with Crippen molar-refractivity contribution in [3.05, 3.63) is 12.2 Å². The minimum absolute atomic E-state index is 0.0126. The third kappa shape index (κ3) is 67.6. The summed E-state index contributed by atoms with van der Waals surface area (Å²) < 4.78 is 5.51. The van der Waals surface area contributed by atoms with Crippen molar-refractivity contribution < 1.29 is 24.5 Å². The number of nitrogens with one attached hydrogen (secondary N) is 1. The maximum atomic E-state index is 12.6. The van der Waals surface area contributed by atoms with Crippen molar-refractivity contribution in [3.63, 3.8) is 0 Å². The minimum Gasteiger partial charge on any atom is -0.466 e. The van der Waals surface area contributed by atoms with E-state index >= 15 is 0 Å². The van der Waals surface area contributed by atoms with Gasteiger partial charge in [-0.25, -0.2) is 0 Å². The maximum Gasteiger partial charge on any atom is 0.305 e. The topological polar surface area (TPSA) is 95.9 Å². The second kappa shape index (κ2) is 71.1. The molecule has 2 unspecified atom stereocenters. The molecule has 0 heterocycles. The third-order valence-corrected chi connectivity index (χ3v) is 17.8. The van der Waals surface area contributed by atoms with Gasteiger partial charge in [-0.15, -0.1) is 0 Å². The van der Waals surface area contributed by atoms with E-state index in [1.165, 1.54) is 360 Å². The van der Waals surface area contributed by atoms with E-state index in [0.717, 1.165) is 38.5 Å². The van der Waals surface area contributed by atoms with Gasteiger partial charge in [0.25, 0.3) is 0 Å². The molecule has 6 heteroatoms. The van der Waals surface area contributed by atoms with Crippen LogP contribution < -0.4 is 5.32 Å². The van der Waals surface area contributed by atoms with Gasteiger partial charge in [-0.2, -0.15) is 0 Å². The summed E-state index contributed by atoms with van der Waals surface area (Å²) in [7, 11) is 0. The first-order valence-electron chi connectivity index (χ1n) is 37.4. The van der Waals surface area contributed by atoms with Gasteiger partial charge in [0.1, 0.15) is 0 Å². The Balaban J connectivity index is 3.40. The van der Waals surface area contributed by atoms with Crippen LogP contribution in [-0.4, -0.2) is 47.4 Å². The van der Waals surface area contributed by atoms with E-state index in [1.807, 2.05) is 0 Å². The molecule has 0 aliphatic rings. The predicted molar refractivity (Wildman–Crippen MR) is 357 cm³/mol. The molecule has 0 aromatic rings. The summed E-state index contributed by atoms with van der Waals surface area (Å²) in [5.74, 6) is -0.0252. The number of carbonyl (C=O) groups excluding carboxylic acids is 2. The molecule has 0 saturated carbocycles. The fraction of sp³-hybridized carbons (Fsp3) is 0.947. The molecule has 2 atom stereocenters. The molecule has 0 aromatic heterocycles. The van der Waals surface area contributed by atoms with Crippen molar-refractivity contribution in [2.24, 2.45) is 0 Å². The normalized spacial score (nSPS) is 12.5. The first-order valence-corrected chi connectivity index (χ1v) is 37.4. The molecule has 482 valence electrons. The van der Waals surface area contributed by atoms with Crippen molar-refractivity contribution >= 4 is 11.9 Å². The highest BCUT2D eigenvalue weighted by molar-refractivity contribution is 5.76. The summed E-state index contributed by atoms with van der Waals surface area (Å²) >= 11 is 0. The molecule has 0 aliphatic carbocycles. The first-order chi connectivity index (χ1) is 40.0. The lowest BCUT2D eigenvalue weighted by Gasteiger charge is -2.22. The van der Waals surface area contributed by atoms with Gasteiger partial charge in [0, 0.05) is 12.8 Å². The van der Waals surface area contributed by atoms with Crippen LogP contribution in [0.4, 0.5) is 0 Å². The van der Waals surface area contributed by atoms with Crippen LogP contribution in [0.25, 0.3) is 0 Å². The monoisotopic (exact) mass is 1140 g/mol. The van der Waals surface area contributed by atoms with Crippen molar-refractivity contribution in [2.75, 3.05) is 13.2 Å². The SMILES string of the molecule is CCCCCCCCCCCCCCCCCCCCCCCCCCCC(O)C(CO)NC(=O)CCCCCCCCC/C=C\CCCCCCCCCCCOC(=O)CCCCCCCCCCCCCCCCCCCCC. The van der Waals surface area contributed by atoms with Gasteiger partial charge in [0.15, 0.2) is 0 Å². The Bertz CT molecular complexity index is 1220. The number of unbranched alkanes of at least 4 members (excludes halogenated alkanes) is 58. The third-order valence-electron chi connectivity index (χ3n) is 17.8. The molecule has 0 radical (unpaired) electrons. The quantitative estimate of drug-likeness (QED) is 0.0320. The molecular weight excluding hydrogens is 995 g/mol. The molecule has 0 saturated heterocycles. The van der Waals surface area contributed by atoms with Gasteiger partial charge in [-0.1, -0.05) is 379 Å². The van der Waals surface area contributed by atoms with Gasteiger partial charge in [0.2, 0.25) is 5.91 Å². The molecule has 81 heavy (non-hydrogen) atoms. The Morgan fingerprint density at radius 3 is 0.877 bits per heavy atom. The van der Waals surface area contributed by atoms with Crippen molar-refractivity contribution in [1.29, 1.82) is 0 Å². The Morgan fingerprint density at radius 1 is 0.333 bits per heavy atom. The van der Waals surface area contributed by atoms with Gasteiger partial charge in [-0.05, 0) is 51.4 Å². The summed E-state index contributed by atoms with van der Waals surface area (Å²) in [6, 6.07) is -0.549. The fourth-order valence-electron chi connectivity index (χ4n) is 12.1. The number of allylic oxidation sites excluding steroid dienone is 2. The van der Waals surface area contributed by atoms with Crippen LogP contribution in [0.5, 0.6) is 0 Å². The van der Waals surface area contributed by atoms with E-state index in [2.05, 4.69) is 31.3 Å². The van der Waals surface area contributed by atoms with Crippen molar-refractivity contribution in [3.8, 4) is 0 Å². The molecule has 0 aromatic carbocycles. The predicted octanol–water partition coefficient (Wildman–Crippen LogP) is 24.3. The number of carbonyl (C=O) groups is 2. The lowest BCUT2D eigenvalue weighted by molar-refractivity contribution is -0.143. The van der Waals surface area contributed by atoms with Crippen LogP contribution in [-0.2, 0) is 14.3 Å². The Morgan fingerprint density at radius 2 is 0.580 bits per heavy atom. The highest BCUT2D eigenvalue weighted by Crippen LogP contribution is 2.20. The van der Waals surface area contributed by atoms with Gasteiger partial charge in [0.05, 0.1) is 25.4 Å². The van der Waals surface area contributed by atoms with E-state index in [9.17, 15) is 19.8 Å². The molecule has 0 fully saturated rings. The number of amides is 1. The van der Waals surface area contributed by atoms with E-state index < -0.39 is 12.1 Å². The van der Waals surface area contributed by atoms with E-state index in [1.54, 1.807) is 0 Å². The summed E-state index contributed by atoms with van der Waals surface area (Å²) in [5.41, 5.74) is 0. The molecular formula is C75H147NO5. The largest absolute Gasteiger partial charge is 0.466 e. The zero-order valence-corrected chi connectivity index (χ0v) is 55.3. The standard InChI is InChI=1S/C75H147NO5/c1-3-5-7-9-11-13-15-17-19-21-23-24-25-26-27-28-32-35-39-43-47-51-55-59-63-67-73(78)72(71-77)76-74(79)68-64-60-56-52-48-44-40-36-33-29-30-34-38-42-46-50-54-58-62-66-70-81-75(80)69-65-61-57-53-49-45-41-37-31-22-20-18-16-14-12-10-8-6-4-2/h29,33,72-73,77-78H,3-28,30-32,34-71H2,1-2H3,(H,76,79)/b33-29-. The Labute approximate surface area is 508 Å². The lowest BCUT2D eigenvalue weighted by atomic mass is 10.0. The molecule has 1 amide bonds. The second-order valence-corrected chi connectivity index (χ2v) is 26.0. The molecule has 3 N–H and O–H groups in total. The summed E-state index contributed by atoms with van der Waals surface area (Å²) in [4.78, 5) is 24.7. The molecule has 0 spiro atoms. The number of ether oxygens (including phenoxy) is 1. The van der Waals surface area contributed by atoms with Gasteiger partial charge >= 0.3 is 5.97 Å². The Hall–Kier alpha value is -1.40. The smallest absolute Gasteiger partial charge is 0.305 e. The zero-order valence-electron chi connectivity index (χ0n) is 55.3. The van der Waals surface area contributed by atoms with Crippen LogP contribution in [0.1, 0.15) is 431 Å². The number of hydrogen-bond acceptors (Lipinski definition) is 5. The number of hydrogen-bond donors (Lipinski definition) is 3. The highest BCUT2D eigenvalue weighted by atomic mass is 16.5. The maximum absolute atomic E-state index is 12.6. The lowest BCUT2D eigenvalue weighted by Crippen LogP contribution is -2.45. The van der Waals surface area contributed by atoms with Gasteiger partial charge in [-0.3, -0.25) is 9.59 Å². The van der Waals surface area contributed by atoms with Gasteiger partial charge < -0.3 is 20.3 Å². The average molecular weight is 1140 g/mol. The first kappa shape index (κ1) is 79.6. The average Bonchev–Trinajstić information content (AvgIpc) is 3.47. The molecule has 6 nitrogen and oxygen atoms in total. The minimum atomic E-state index is -0.671. The molecule has 0 aliphatic heterocycles. The van der Waals surface area contributed by atoms with Crippen LogP contribution in [0.15, 0.2) is 12.2 Å². The Kier molecular flexibility index (Phi) is 69.9. The van der Waals surface area contributed by atoms with E-state index in [4.69, 9.17) is 4.74 Å². The van der Waals surface area contributed by atoms with Crippen LogP contribution in [0, 0.1) is 0 Å². The number of rotatable bonds is 71. The zero-order chi connectivity index (χ0) is 58.5. The molecule has 0 bridgehead atoms. The van der Waals surface area contributed by atoms with Crippen LogP contribution in [0.2, 0.25) is 0 Å². The van der Waals surface area contributed by atoms with Crippen LogP contribution >= 0.6 is 0 Å². The van der Waals surface area contributed by atoms with E-state index in [-0.39, 0.29) is 18.5 Å². The number of esters is 1. The van der Waals surface area contributed by atoms with Crippen LogP contribution in [0.3, 0.4) is 0 Å².